The van der Waals surface area contributed by atoms with Crippen molar-refractivity contribution in [1.29, 1.82) is 0 Å². The molecule has 2 atom stereocenters. The number of aryl methyl sites for hydroxylation is 1. The van der Waals surface area contributed by atoms with Gasteiger partial charge in [0.15, 0.2) is 11.7 Å². The van der Waals surface area contributed by atoms with Gasteiger partial charge in [-0.3, -0.25) is 9.59 Å². The number of esters is 1. The fraction of sp³-hybridized carbons (Fsp3) is 0.370. The molecule has 0 saturated carbocycles. The van der Waals surface area contributed by atoms with Gasteiger partial charge >= 0.3 is 12.1 Å². The molecule has 1 N–H and O–H groups in total. The van der Waals surface area contributed by atoms with Crippen LogP contribution in [0.5, 0.6) is 0 Å². The molecule has 0 aliphatic rings. The lowest BCUT2D eigenvalue weighted by molar-refractivity contribution is -0.712. The van der Waals surface area contributed by atoms with Crippen LogP contribution >= 0.6 is 0 Å². The molecule has 2 aromatic carbocycles. The number of nitrogens with one attached hydrogen (secondary N) is 1. The molecule has 0 fully saturated rings. The first kappa shape index (κ1) is 33.8. The van der Waals surface area contributed by atoms with Gasteiger partial charge in [0, 0.05) is 12.5 Å². The van der Waals surface area contributed by atoms with Crippen LogP contribution in [0.15, 0.2) is 64.8 Å². The lowest BCUT2D eigenvalue weighted by atomic mass is 9.98. The van der Waals surface area contributed by atoms with Gasteiger partial charge in [0.1, 0.15) is 0 Å². The minimum atomic E-state index is -4.72. The van der Waals surface area contributed by atoms with Crippen molar-refractivity contribution < 1.29 is 45.7 Å². The van der Waals surface area contributed by atoms with Crippen molar-refractivity contribution in [2.24, 2.45) is 11.2 Å². The number of alkyl halides is 3. The number of ether oxygens (including phenoxy) is 1. The van der Waals surface area contributed by atoms with E-state index in [1.165, 1.54) is 19.2 Å². The molecular formula is C27H31F3N6O7S. The largest absolute Gasteiger partial charge is 0.569 e. The fourth-order valence-corrected chi connectivity index (χ4v) is 5.03. The Kier molecular flexibility index (Phi) is 10.6. The van der Waals surface area contributed by atoms with Gasteiger partial charge in [-0.1, -0.05) is 50.1 Å². The molecule has 3 aromatic rings. The number of halogens is 3. The van der Waals surface area contributed by atoms with Crippen molar-refractivity contribution in [3.05, 3.63) is 71.1 Å². The summed E-state index contributed by atoms with van der Waals surface area (Å²) < 4.78 is 74.3. The normalized spacial score (nSPS) is 13.6. The van der Waals surface area contributed by atoms with Crippen molar-refractivity contribution in [2.75, 3.05) is 13.8 Å². The number of hydrogen-bond donors (Lipinski definition) is 1. The third kappa shape index (κ3) is 8.24. The number of sulfonamides is 1. The molecule has 1 aromatic heterocycles. The zero-order chi connectivity index (χ0) is 32.8. The average molecular weight is 641 g/mol. The van der Waals surface area contributed by atoms with Gasteiger partial charge in [0.05, 0.1) is 28.3 Å². The van der Waals surface area contributed by atoms with E-state index in [1.54, 1.807) is 38.1 Å². The highest BCUT2D eigenvalue weighted by Crippen LogP contribution is 2.33. The number of aromatic nitrogens is 2. The minimum Gasteiger partial charge on any atom is -0.569 e. The number of hydrogen-bond acceptors (Lipinski definition) is 9. The number of likely N-dealkylation sites (N-methyl/N-ethyl adjacent to an activating group) is 1. The summed E-state index contributed by atoms with van der Waals surface area (Å²) in [5.41, 5.74) is 0.493. The van der Waals surface area contributed by atoms with Gasteiger partial charge in [-0.15, -0.1) is 5.01 Å². The maximum atomic E-state index is 13.5. The van der Waals surface area contributed by atoms with Crippen LogP contribution in [0.2, 0.25) is 0 Å². The summed E-state index contributed by atoms with van der Waals surface area (Å²) in [6.07, 6.45) is -4.36. The topological polar surface area (TPSA) is 158 Å². The molecule has 13 nitrogen and oxygen atoms in total. The van der Waals surface area contributed by atoms with E-state index >= 15 is 0 Å². The van der Waals surface area contributed by atoms with Crippen molar-refractivity contribution in [3.8, 4) is 16.9 Å². The molecule has 17 heteroatoms. The molecule has 1 amide bonds. The molecule has 0 saturated heterocycles. The summed E-state index contributed by atoms with van der Waals surface area (Å²) in [7, 11) is -3.31. The number of carbonyl (C=O) groups is 2. The summed E-state index contributed by atoms with van der Waals surface area (Å²) in [6, 6.07) is 11.1. The van der Waals surface area contributed by atoms with Gasteiger partial charge < -0.3 is 14.8 Å². The van der Waals surface area contributed by atoms with Crippen LogP contribution in [0, 0.1) is 18.0 Å². The van der Waals surface area contributed by atoms with Gasteiger partial charge in [0.2, 0.25) is 5.28 Å². The van der Waals surface area contributed by atoms with E-state index in [-0.39, 0.29) is 21.2 Å². The van der Waals surface area contributed by atoms with Crippen LogP contribution in [0.3, 0.4) is 0 Å². The van der Waals surface area contributed by atoms with Crippen molar-refractivity contribution in [1.82, 2.24) is 19.5 Å². The molecule has 0 bridgehead atoms. The lowest BCUT2D eigenvalue weighted by Gasteiger charge is -2.27. The smallest absolute Gasteiger partial charge is 0.435 e. The Hall–Kier alpha value is -4.67. The molecule has 0 aliphatic heterocycles. The van der Waals surface area contributed by atoms with Crippen molar-refractivity contribution >= 4 is 21.9 Å². The van der Waals surface area contributed by atoms with Crippen molar-refractivity contribution in [2.45, 2.75) is 51.2 Å². The Morgan fingerprint density at radius 3 is 2.32 bits per heavy atom. The number of rotatable bonds is 12. The Labute approximate surface area is 251 Å². The summed E-state index contributed by atoms with van der Waals surface area (Å²) in [5.74, 6) is -2.27. The van der Waals surface area contributed by atoms with E-state index in [4.69, 9.17) is 0 Å². The molecule has 0 radical (unpaired) electrons. The molecule has 44 heavy (non-hydrogen) atoms. The minimum absolute atomic E-state index is 0.0910. The molecular weight excluding hydrogens is 609 g/mol. The lowest BCUT2D eigenvalue weighted by Crippen LogP contribution is -2.52. The number of amides is 1. The SMILES string of the molecule is CC[C@@H](C)[C@@H](C(=O)NS(=O)(=O)c1ccc(-n2nc(C(F)(F)F)cc2-c2ccc(C)cc2)cc1)N(C)/[N+]([O-])=N/OCOC(C)=O. The summed E-state index contributed by atoms with van der Waals surface area (Å²) in [4.78, 5) is 28.1. The van der Waals surface area contributed by atoms with Gasteiger partial charge in [-0.05, 0) is 43.2 Å². The Morgan fingerprint density at radius 1 is 1.16 bits per heavy atom. The highest BCUT2D eigenvalue weighted by atomic mass is 32.2. The highest BCUT2D eigenvalue weighted by Gasteiger charge is 2.37. The second kappa shape index (κ2) is 13.7. The molecule has 0 aliphatic carbocycles. The van der Waals surface area contributed by atoms with E-state index in [1.807, 2.05) is 11.6 Å². The van der Waals surface area contributed by atoms with Crippen LogP contribution in [-0.2, 0) is 35.4 Å². The zero-order valence-electron chi connectivity index (χ0n) is 24.4. The quantitative estimate of drug-likeness (QED) is 0.0759. The first-order chi connectivity index (χ1) is 20.5. The second-order valence-corrected chi connectivity index (χ2v) is 11.5. The summed E-state index contributed by atoms with van der Waals surface area (Å²) in [6.45, 7) is 5.62. The number of benzene rings is 2. The number of hydrazine groups is 1. The van der Waals surface area contributed by atoms with E-state index in [0.717, 1.165) is 40.4 Å². The molecule has 0 unspecified atom stereocenters. The van der Waals surface area contributed by atoms with E-state index < -0.39 is 52.5 Å². The standard InChI is InChI=1S/C27H31F3N6O7S/c1-6-18(3)25(34(5)36(39)33-43-16-42-19(4)37)26(38)32-44(40,41)22-13-11-21(12-14-22)35-23(15-24(31-35)27(28,29)30)20-9-7-17(2)8-10-20/h7-15,18,25H,6,16H2,1-5H3,(H,32,38)/b36-33-/t18-,25+/m1/s1. The first-order valence-electron chi connectivity index (χ1n) is 13.1. The average Bonchev–Trinajstić information content (AvgIpc) is 3.41. The predicted molar refractivity (Wildman–Crippen MR) is 149 cm³/mol. The van der Waals surface area contributed by atoms with Gasteiger partial charge in [-0.2, -0.15) is 18.3 Å². The van der Waals surface area contributed by atoms with Crippen LogP contribution in [0.4, 0.5) is 13.2 Å². The maximum Gasteiger partial charge on any atom is 0.435 e. The number of nitrogens with zero attached hydrogens (tertiary/aromatic N) is 5. The third-order valence-electron chi connectivity index (χ3n) is 6.54. The van der Waals surface area contributed by atoms with E-state index in [9.17, 15) is 36.4 Å². The van der Waals surface area contributed by atoms with Crippen LogP contribution in [0.1, 0.15) is 38.4 Å². The van der Waals surface area contributed by atoms with Crippen LogP contribution < -0.4 is 4.72 Å². The maximum absolute atomic E-state index is 13.5. The Morgan fingerprint density at radius 2 is 1.77 bits per heavy atom. The Bertz CT molecular complexity index is 1610. The zero-order valence-corrected chi connectivity index (χ0v) is 25.2. The molecule has 1 heterocycles. The molecule has 3 rings (SSSR count). The van der Waals surface area contributed by atoms with E-state index in [0.29, 0.717) is 12.0 Å². The van der Waals surface area contributed by atoms with Crippen LogP contribution in [-0.4, -0.2) is 59.9 Å². The second-order valence-electron chi connectivity index (χ2n) is 9.78. The summed E-state index contributed by atoms with van der Waals surface area (Å²) >= 11 is 0. The van der Waals surface area contributed by atoms with E-state index in [2.05, 4.69) is 20.0 Å². The van der Waals surface area contributed by atoms with Gasteiger partial charge in [-0.25, -0.2) is 17.8 Å². The highest BCUT2D eigenvalue weighted by molar-refractivity contribution is 7.90. The molecule has 238 valence electrons. The summed E-state index contributed by atoms with van der Waals surface area (Å²) in [5, 5.41) is 20.1. The Balaban J connectivity index is 1.87. The molecule has 0 spiro atoms. The third-order valence-corrected chi connectivity index (χ3v) is 7.90. The fourth-order valence-electron chi connectivity index (χ4n) is 4.03. The first-order valence-corrected chi connectivity index (χ1v) is 14.6. The monoisotopic (exact) mass is 640 g/mol. The predicted octanol–water partition coefficient (Wildman–Crippen LogP) is 4.35. The van der Waals surface area contributed by atoms with Crippen LogP contribution in [0.25, 0.3) is 16.9 Å². The van der Waals surface area contributed by atoms with Gasteiger partial charge in [0.25, 0.3) is 22.7 Å². The number of carbonyl (C=O) groups excluding carboxylic acids is 2. The van der Waals surface area contributed by atoms with Crippen molar-refractivity contribution in [3.63, 3.8) is 0 Å².